The molecule has 0 spiro atoms. The van der Waals surface area contributed by atoms with E-state index in [2.05, 4.69) is 10.3 Å². The van der Waals surface area contributed by atoms with Crippen molar-refractivity contribution in [3.05, 3.63) is 52.6 Å². The molecule has 4 rings (SSSR count). The Hall–Kier alpha value is -2.18. The zero-order valence-electron chi connectivity index (χ0n) is 14.5. The van der Waals surface area contributed by atoms with Gasteiger partial charge in [0.05, 0.1) is 17.9 Å². The number of nitrogens with zero attached hydrogens (tertiary/aromatic N) is 3. The van der Waals surface area contributed by atoms with E-state index in [9.17, 15) is 9.18 Å². The van der Waals surface area contributed by atoms with Crippen LogP contribution in [0.25, 0.3) is 0 Å². The lowest BCUT2D eigenvalue weighted by atomic mass is 10.0. The number of fused-ring (bicyclic) bond motifs is 1. The zero-order chi connectivity index (χ0) is 18.3. The van der Waals surface area contributed by atoms with Crippen molar-refractivity contribution in [2.45, 2.75) is 32.4 Å². The van der Waals surface area contributed by atoms with Gasteiger partial charge in [-0.05, 0) is 50.6 Å². The Morgan fingerprint density at radius 3 is 2.81 bits per heavy atom. The molecule has 0 saturated carbocycles. The fraction of sp³-hybridized carbons (Fsp3) is 0.368. The summed E-state index contributed by atoms with van der Waals surface area (Å²) in [7, 11) is 0. The molecule has 1 aromatic heterocycles. The van der Waals surface area contributed by atoms with Gasteiger partial charge in [-0.15, -0.1) is 0 Å². The first kappa shape index (κ1) is 17.2. The molecule has 26 heavy (non-hydrogen) atoms. The highest BCUT2D eigenvalue weighted by molar-refractivity contribution is 6.29. The molecule has 2 aliphatic heterocycles. The summed E-state index contributed by atoms with van der Waals surface area (Å²) in [5, 5.41) is 3.67. The van der Waals surface area contributed by atoms with E-state index < -0.39 is 5.82 Å². The van der Waals surface area contributed by atoms with Crippen LogP contribution in [-0.4, -0.2) is 30.1 Å². The first-order valence-corrected chi connectivity index (χ1v) is 9.15. The van der Waals surface area contributed by atoms with Crippen LogP contribution in [0.1, 0.15) is 24.0 Å². The lowest BCUT2D eigenvalue weighted by Crippen LogP contribution is -2.54. The van der Waals surface area contributed by atoms with Gasteiger partial charge in [0.25, 0.3) is 0 Å². The molecule has 1 aromatic carbocycles. The average molecular weight is 375 g/mol. The number of carbonyl (C=O) groups excluding carboxylic acids is 1. The molecule has 136 valence electrons. The van der Waals surface area contributed by atoms with Crippen LogP contribution in [0.2, 0.25) is 5.15 Å². The van der Waals surface area contributed by atoms with Crippen molar-refractivity contribution < 1.29 is 9.18 Å². The van der Waals surface area contributed by atoms with Gasteiger partial charge < -0.3 is 5.32 Å². The van der Waals surface area contributed by atoms with E-state index in [4.69, 9.17) is 11.6 Å². The number of anilines is 2. The maximum atomic E-state index is 14.6. The second-order valence-corrected chi connectivity index (χ2v) is 7.15. The third-order valence-electron chi connectivity index (χ3n) is 5.09. The zero-order valence-corrected chi connectivity index (χ0v) is 15.3. The smallest absolute Gasteiger partial charge is 0.317 e. The Morgan fingerprint density at radius 2 is 2.08 bits per heavy atom. The van der Waals surface area contributed by atoms with E-state index in [0.717, 1.165) is 42.7 Å². The number of benzene rings is 1. The molecule has 0 unspecified atom stereocenters. The van der Waals surface area contributed by atoms with Crippen molar-refractivity contribution in [2.75, 3.05) is 22.9 Å². The minimum Gasteiger partial charge on any atom is -0.317 e. The molecule has 1 saturated heterocycles. The summed E-state index contributed by atoms with van der Waals surface area (Å²) in [4.78, 5) is 20.9. The van der Waals surface area contributed by atoms with E-state index >= 15 is 0 Å². The summed E-state index contributed by atoms with van der Waals surface area (Å²) in [5.74, 6) is -0.394. The molecule has 0 radical (unpaired) electrons. The van der Waals surface area contributed by atoms with E-state index in [0.29, 0.717) is 10.8 Å². The molecule has 3 heterocycles. The van der Waals surface area contributed by atoms with Crippen LogP contribution in [0.4, 0.5) is 20.6 Å². The number of aryl methyl sites for hydroxylation is 1. The fourth-order valence-corrected chi connectivity index (χ4v) is 3.98. The third-order valence-corrected chi connectivity index (χ3v) is 5.29. The van der Waals surface area contributed by atoms with Gasteiger partial charge in [0, 0.05) is 17.8 Å². The summed E-state index contributed by atoms with van der Waals surface area (Å²) in [6.45, 7) is 3.79. The molecule has 5 nitrogen and oxygen atoms in total. The van der Waals surface area contributed by atoms with Gasteiger partial charge in [-0.1, -0.05) is 23.7 Å². The van der Waals surface area contributed by atoms with Crippen LogP contribution in [0.3, 0.4) is 0 Å². The molecule has 0 aliphatic carbocycles. The van der Waals surface area contributed by atoms with E-state index in [1.165, 1.54) is 11.0 Å². The van der Waals surface area contributed by atoms with Gasteiger partial charge in [0.15, 0.2) is 0 Å². The maximum absolute atomic E-state index is 14.6. The molecular weight excluding hydrogens is 355 g/mol. The molecule has 7 heteroatoms. The molecule has 2 aliphatic rings. The Kier molecular flexibility index (Phi) is 4.54. The number of rotatable bonds is 2. The number of para-hydroxylation sites is 1. The number of aromatic nitrogens is 1. The van der Waals surface area contributed by atoms with Crippen LogP contribution in [-0.2, 0) is 6.54 Å². The Labute approximate surface area is 156 Å². The number of halogens is 2. The van der Waals surface area contributed by atoms with Gasteiger partial charge in [0.1, 0.15) is 11.0 Å². The maximum Gasteiger partial charge on any atom is 0.329 e. The molecule has 1 fully saturated rings. The Balaban J connectivity index is 1.82. The number of hydrogen-bond acceptors (Lipinski definition) is 3. The van der Waals surface area contributed by atoms with Gasteiger partial charge in [-0.25, -0.2) is 14.2 Å². The normalized spacial score (nSPS) is 18.2. The van der Waals surface area contributed by atoms with Gasteiger partial charge in [0.2, 0.25) is 0 Å². The van der Waals surface area contributed by atoms with Crippen molar-refractivity contribution in [1.29, 1.82) is 0 Å². The lowest BCUT2D eigenvalue weighted by Gasteiger charge is -2.42. The summed E-state index contributed by atoms with van der Waals surface area (Å²) >= 11 is 6.10. The first-order chi connectivity index (χ1) is 12.6. The summed E-state index contributed by atoms with van der Waals surface area (Å²) in [6, 6.07) is 6.44. The van der Waals surface area contributed by atoms with Crippen LogP contribution in [0.15, 0.2) is 30.5 Å². The number of hydrogen-bond donors (Lipinski definition) is 1. The number of piperidine rings is 1. The predicted molar refractivity (Wildman–Crippen MR) is 100 cm³/mol. The molecule has 1 N–H and O–H groups in total. The number of amides is 2. The first-order valence-electron chi connectivity index (χ1n) is 8.77. The minimum atomic E-state index is -0.394. The van der Waals surface area contributed by atoms with Crippen molar-refractivity contribution in [3.8, 4) is 0 Å². The highest BCUT2D eigenvalue weighted by Crippen LogP contribution is 2.37. The number of pyridine rings is 1. The molecule has 0 bridgehead atoms. The standard InChI is InChI=1S/C19H20ClFN4O/c1-12-3-2-4-15(21)18(12)24-11-13-10-23-17(20)9-16(13)25(19(24)26)14-5-7-22-8-6-14/h2-4,9-10,14,22H,5-8,11H2,1H3. The average Bonchev–Trinajstić information content (AvgIpc) is 2.63. The largest absolute Gasteiger partial charge is 0.329 e. The number of carbonyl (C=O) groups is 1. The highest BCUT2D eigenvalue weighted by Gasteiger charge is 2.38. The molecule has 0 atom stereocenters. The second-order valence-electron chi connectivity index (χ2n) is 6.76. The number of nitrogens with one attached hydrogen (secondary N) is 1. The van der Waals surface area contributed by atoms with Crippen LogP contribution in [0, 0.1) is 12.7 Å². The predicted octanol–water partition coefficient (Wildman–Crippen LogP) is 3.88. The third kappa shape index (κ3) is 2.93. The highest BCUT2D eigenvalue weighted by atomic mass is 35.5. The monoisotopic (exact) mass is 374 g/mol. The van der Waals surface area contributed by atoms with Gasteiger partial charge >= 0.3 is 6.03 Å². The molecular formula is C19H20ClFN4O. The van der Waals surface area contributed by atoms with Crippen molar-refractivity contribution >= 4 is 29.0 Å². The van der Waals surface area contributed by atoms with Crippen LogP contribution >= 0.6 is 11.6 Å². The van der Waals surface area contributed by atoms with Crippen LogP contribution in [0.5, 0.6) is 0 Å². The van der Waals surface area contributed by atoms with Crippen molar-refractivity contribution in [2.24, 2.45) is 0 Å². The summed E-state index contributed by atoms with van der Waals surface area (Å²) in [5.41, 5.74) is 2.72. The second kappa shape index (κ2) is 6.85. The summed E-state index contributed by atoms with van der Waals surface area (Å²) < 4.78 is 14.6. The van der Waals surface area contributed by atoms with Gasteiger partial charge in [-0.2, -0.15) is 0 Å². The van der Waals surface area contributed by atoms with Crippen molar-refractivity contribution in [3.63, 3.8) is 0 Å². The molecule has 2 amide bonds. The van der Waals surface area contributed by atoms with Crippen LogP contribution < -0.4 is 15.1 Å². The topological polar surface area (TPSA) is 48.5 Å². The van der Waals surface area contributed by atoms with E-state index in [1.807, 2.05) is 13.0 Å². The SMILES string of the molecule is Cc1cccc(F)c1N1Cc2cnc(Cl)cc2N(C2CCNCC2)C1=O. The lowest BCUT2D eigenvalue weighted by molar-refractivity contribution is 0.245. The Bertz CT molecular complexity index is 833. The summed E-state index contributed by atoms with van der Waals surface area (Å²) in [6.07, 6.45) is 3.37. The van der Waals surface area contributed by atoms with Gasteiger partial charge in [-0.3, -0.25) is 9.80 Å². The quantitative estimate of drug-likeness (QED) is 0.811. The molecule has 2 aromatic rings. The minimum absolute atomic E-state index is 0.0517. The Morgan fingerprint density at radius 1 is 1.31 bits per heavy atom. The number of urea groups is 1. The van der Waals surface area contributed by atoms with E-state index in [1.54, 1.807) is 23.2 Å². The van der Waals surface area contributed by atoms with E-state index in [-0.39, 0.29) is 18.6 Å². The van der Waals surface area contributed by atoms with Crippen molar-refractivity contribution in [1.82, 2.24) is 10.3 Å². The fourth-order valence-electron chi connectivity index (χ4n) is 3.82.